The Morgan fingerprint density at radius 3 is 2.83 bits per heavy atom. The molecule has 3 rings (SSSR count). The Hall–Kier alpha value is -2.17. The van der Waals surface area contributed by atoms with Crippen molar-refractivity contribution in [2.45, 2.75) is 44.7 Å². The molecule has 1 aromatic heterocycles. The zero-order chi connectivity index (χ0) is 16.1. The predicted molar refractivity (Wildman–Crippen MR) is 86.3 cm³/mol. The van der Waals surface area contributed by atoms with E-state index < -0.39 is 0 Å². The van der Waals surface area contributed by atoms with Crippen molar-refractivity contribution < 1.29 is 9.18 Å². The van der Waals surface area contributed by atoms with Crippen molar-refractivity contribution in [1.82, 2.24) is 14.7 Å². The van der Waals surface area contributed by atoms with E-state index in [1.807, 2.05) is 21.8 Å². The smallest absolute Gasteiger partial charge is 0.223 e. The highest BCUT2D eigenvalue weighted by atomic mass is 19.1. The van der Waals surface area contributed by atoms with Gasteiger partial charge in [0.15, 0.2) is 0 Å². The van der Waals surface area contributed by atoms with Crippen LogP contribution >= 0.6 is 0 Å². The number of amides is 1. The SMILES string of the molecule is O=C(CCc1ccc(F)cc1)N1CCCCC1Cn1cccn1. The average molecular weight is 315 g/mol. The van der Waals surface area contributed by atoms with Gasteiger partial charge >= 0.3 is 0 Å². The highest BCUT2D eigenvalue weighted by Gasteiger charge is 2.26. The summed E-state index contributed by atoms with van der Waals surface area (Å²) >= 11 is 0. The summed E-state index contributed by atoms with van der Waals surface area (Å²) in [4.78, 5) is 14.6. The molecule has 2 aromatic rings. The van der Waals surface area contributed by atoms with Crippen LogP contribution in [-0.2, 0) is 17.8 Å². The molecule has 0 radical (unpaired) electrons. The first-order valence-corrected chi connectivity index (χ1v) is 8.24. The minimum absolute atomic E-state index is 0.186. The summed E-state index contributed by atoms with van der Waals surface area (Å²) in [5.74, 6) is -0.0541. The van der Waals surface area contributed by atoms with Crippen LogP contribution in [-0.4, -0.2) is 33.2 Å². The molecule has 0 N–H and O–H groups in total. The number of piperidine rings is 1. The maximum atomic E-state index is 12.9. The lowest BCUT2D eigenvalue weighted by Gasteiger charge is -2.36. The summed E-state index contributed by atoms with van der Waals surface area (Å²) in [6.45, 7) is 1.59. The molecule has 122 valence electrons. The maximum absolute atomic E-state index is 12.9. The first-order chi connectivity index (χ1) is 11.2. The van der Waals surface area contributed by atoms with Crippen LogP contribution in [0.25, 0.3) is 0 Å². The third-order valence-electron chi connectivity index (χ3n) is 4.45. The monoisotopic (exact) mass is 315 g/mol. The molecule has 0 spiro atoms. The van der Waals surface area contributed by atoms with Crippen molar-refractivity contribution in [3.63, 3.8) is 0 Å². The van der Waals surface area contributed by atoms with E-state index >= 15 is 0 Å². The summed E-state index contributed by atoms with van der Waals surface area (Å²) in [5, 5.41) is 4.25. The molecule has 1 fully saturated rings. The van der Waals surface area contributed by atoms with Crippen LogP contribution in [0.15, 0.2) is 42.7 Å². The van der Waals surface area contributed by atoms with Crippen molar-refractivity contribution in [2.75, 3.05) is 6.54 Å². The van der Waals surface area contributed by atoms with Crippen LogP contribution in [0.3, 0.4) is 0 Å². The summed E-state index contributed by atoms with van der Waals surface area (Å²) in [6.07, 6.45) is 8.10. The van der Waals surface area contributed by atoms with Crippen molar-refractivity contribution in [1.29, 1.82) is 0 Å². The molecule has 4 nitrogen and oxygen atoms in total. The number of halogens is 1. The van der Waals surface area contributed by atoms with Gasteiger partial charge in [0.25, 0.3) is 0 Å². The zero-order valence-corrected chi connectivity index (χ0v) is 13.2. The number of aryl methyl sites for hydroxylation is 1. The van der Waals surface area contributed by atoms with Gasteiger partial charge in [0.1, 0.15) is 5.82 Å². The third kappa shape index (κ3) is 4.18. The lowest BCUT2D eigenvalue weighted by atomic mass is 10.0. The van der Waals surface area contributed by atoms with E-state index in [9.17, 15) is 9.18 Å². The number of nitrogens with zero attached hydrogens (tertiary/aromatic N) is 3. The van der Waals surface area contributed by atoms with Crippen LogP contribution < -0.4 is 0 Å². The molecule has 0 bridgehead atoms. The van der Waals surface area contributed by atoms with Crippen LogP contribution in [0.4, 0.5) is 4.39 Å². The maximum Gasteiger partial charge on any atom is 0.223 e. The van der Waals surface area contributed by atoms with E-state index in [0.717, 1.165) is 37.9 Å². The standard InChI is InChI=1S/C18H22FN3O/c19-16-8-5-15(6-9-16)7-10-18(23)22-13-2-1-4-17(22)14-21-12-3-11-20-21/h3,5-6,8-9,11-12,17H,1-2,4,7,10,13-14H2. The Bertz CT molecular complexity index is 624. The normalized spacial score (nSPS) is 18.1. The van der Waals surface area contributed by atoms with E-state index in [-0.39, 0.29) is 17.8 Å². The fraction of sp³-hybridized carbons (Fsp3) is 0.444. The fourth-order valence-corrected chi connectivity index (χ4v) is 3.19. The predicted octanol–water partition coefficient (Wildman–Crippen LogP) is 3.04. The topological polar surface area (TPSA) is 38.1 Å². The highest BCUT2D eigenvalue weighted by Crippen LogP contribution is 2.20. The van der Waals surface area contributed by atoms with Gasteiger partial charge in [0, 0.05) is 25.4 Å². The fourth-order valence-electron chi connectivity index (χ4n) is 3.19. The summed E-state index contributed by atoms with van der Waals surface area (Å²) in [7, 11) is 0. The first-order valence-electron chi connectivity index (χ1n) is 8.24. The number of rotatable bonds is 5. The van der Waals surface area contributed by atoms with Crippen LogP contribution in [0.2, 0.25) is 0 Å². The van der Waals surface area contributed by atoms with Gasteiger partial charge in [-0.3, -0.25) is 9.48 Å². The molecule has 1 saturated heterocycles. The van der Waals surface area contributed by atoms with Crippen molar-refractivity contribution in [3.8, 4) is 0 Å². The number of likely N-dealkylation sites (tertiary alicyclic amines) is 1. The minimum atomic E-state index is -0.240. The van der Waals surface area contributed by atoms with Gasteiger partial charge in [-0.25, -0.2) is 4.39 Å². The number of hydrogen-bond donors (Lipinski definition) is 0. The van der Waals surface area contributed by atoms with Crippen LogP contribution in [0.1, 0.15) is 31.2 Å². The molecule has 5 heteroatoms. The van der Waals surface area contributed by atoms with E-state index in [0.29, 0.717) is 12.8 Å². The second kappa shape index (κ2) is 7.40. The van der Waals surface area contributed by atoms with Gasteiger partial charge in [-0.15, -0.1) is 0 Å². The Morgan fingerprint density at radius 2 is 2.09 bits per heavy atom. The van der Waals surface area contributed by atoms with Crippen molar-refractivity contribution >= 4 is 5.91 Å². The van der Waals surface area contributed by atoms with Crippen molar-refractivity contribution in [2.24, 2.45) is 0 Å². The van der Waals surface area contributed by atoms with Crippen molar-refractivity contribution in [3.05, 3.63) is 54.1 Å². The van der Waals surface area contributed by atoms with Gasteiger partial charge in [0.05, 0.1) is 12.6 Å². The summed E-state index contributed by atoms with van der Waals surface area (Å²) in [6, 6.07) is 8.52. The van der Waals surface area contributed by atoms with Crippen LogP contribution in [0, 0.1) is 5.82 Å². The average Bonchev–Trinajstić information content (AvgIpc) is 3.07. The molecule has 1 aliphatic heterocycles. The summed E-state index contributed by atoms with van der Waals surface area (Å²) in [5.41, 5.74) is 1.00. The molecule has 1 aliphatic rings. The lowest BCUT2D eigenvalue weighted by molar-refractivity contribution is -0.135. The summed E-state index contributed by atoms with van der Waals surface area (Å²) < 4.78 is 14.8. The van der Waals surface area contributed by atoms with E-state index in [1.54, 1.807) is 18.3 Å². The van der Waals surface area contributed by atoms with E-state index in [2.05, 4.69) is 5.10 Å². The molecule has 1 aromatic carbocycles. The zero-order valence-electron chi connectivity index (χ0n) is 13.2. The Labute approximate surface area is 135 Å². The lowest BCUT2D eigenvalue weighted by Crippen LogP contribution is -2.46. The number of carbonyl (C=O) groups is 1. The Balaban J connectivity index is 1.58. The largest absolute Gasteiger partial charge is 0.338 e. The molecule has 2 heterocycles. The van der Waals surface area contributed by atoms with Gasteiger partial charge in [-0.1, -0.05) is 12.1 Å². The minimum Gasteiger partial charge on any atom is -0.338 e. The number of carbonyl (C=O) groups excluding carboxylic acids is 1. The second-order valence-corrected chi connectivity index (χ2v) is 6.09. The Kier molecular flexibility index (Phi) is 5.05. The van der Waals surface area contributed by atoms with Gasteiger partial charge in [0.2, 0.25) is 5.91 Å². The van der Waals surface area contributed by atoms with Gasteiger partial charge in [-0.05, 0) is 49.4 Å². The van der Waals surface area contributed by atoms with Gasteiger partial charge in [-0.2, -0.15) is 5.10 Å². The van der Waals surface area contributed by atoms with Gasteiger partial charge < -0.3 is 4.90 Å². The molecule has 1 amide bonds. The number of benzene rings is 1. The first kappa shape index (κ1) is 15.7. The number of hydrogen-bond acceptors (Lipinski definition) is 2. The molecule has 1 unspecified atom stereocenters. The third-order valence-corrected chi connectivity index (χ3v) is 4.45. The molecular formula is C18H22FN3O. The molecule has 1 atom stereocenters. The Morgan fingerprint density at radius 1 is 1.26 bits per heavy atom. The van der Waals surface area contributed by atoms with E-state index in [4.69, 9.17) is 0 Å². The molecule has 0 saturated carbocycles. The molecule has 0 aliphatic carbocycles. The van der Waals surface area contributed by atoms with E-state index in [1.165, 1.54) is 12.1 Å². The quantitative estimate of drug-likeness (QED) is 0.850. The molecule has 23 heavy (non-hydrogen) atoms. The van der Waals surface area contributed by atoms with Crippen LogP contribution in [0.5, 0.6) is 0 Å². The highest BCUT2D eigenvalue weighted by molar-refractivity contribution is 5.76. The molecular weight excluding hydrogens is 293 g/mol. The second-order valence-electron chi connectivity index (χ2n) is 6.09. The number of aromatic nitrogens is 2.